The third kappa shape index (κ3) is 4.09. The fourth-order valence-corrected chi connectivity index (χ4v) is 3.82. The highest BCUT2D eigenvalue weighted by Gasteiger charge is 2.16. The number of benzene rings is 2. The van der Waals surface area contributed by atoms with E-state index in [-0.39, 0.29) is 17.0 Å². The zero-order chi connectivity index (χ0) is 24.6. The van der Waals surface area contributed by atoms with Crippen molar-refractivity contribution < 1.29 is 9.50 Å². The Kier molecular flexibility index (Phi) is 5.82. The molecule has 0 aliphatic carbocycles. The Morgan fingerprint density at radius 3 is 2.47 bits per heavy atom. The highest BCUT2D eigenvalue weighted by atomic mass is 19.1. The smallest absolute Gasteiger partial charge is 0.349 e. The maximum atomic E-state index is 14.6. The van der Waals surface area contributed by atoms with E-state index in [9.17, 15) is 19.1 Å². The van der Waals surface area contributed by atoms with E-state index in [1.165, 1.54) is 6.07 Å². The summed E-state index contributed by atoms with van der Waals surface area (Å²) in [6.07, 6.45) is 0.399. The Bertz CT molecular complexity index is 1570. The minimum absolute atomic E-state index is 0.117. The molecular weight excluding hydrogens is 437 g/mol. The molecule has 0 saturated carbocycles. The van der Waals surface area contributed by atoms with Gasteiger partial charge in [0.15, 0.2) is 0 Å². The Labute approximate surface area is 193 Å². The number of aromatic hydroxyl groups is 1. The molecule has 0 saturated heterocycles. The largest absolute Gasteiger partial charge is 0.506 e. The zero-order valence-electron chi connectivity index (χ0n) is 18.7. The van der Waals surface area contributed by atoms with Crippen LogP contribution in [0.3, 0.4) is 0 Å². The van der Waals surface area contributed by atoms with Crippen LogP contribution in [0.2, 0.25) is 0 Å². The van der Waals surface area contributed by atoms with Crippen molar-refractivity contribution in [3.63, 3.8) is 0 Å². The highest BCUT2D eigenvalue weighted by Crippen LogP contribution is 2.31. The molecule has 0 aliphatic heterocycles. The van der Waals surface area contributed by atoms with Crippen LogP contribution in [-0.2, 0) is 6.42 Å². The minimum Gasteiger partial charge on any atom is -0.506 e. The summed E-state index contributed by atoms with van der Waals surface area (Å²) in [5, 5.41) is 23.2. The van der Waals surface area contributed by atoms with Crippen LogP contribution in [0.15, 0.2) is 52.1 Å². The van der Waals surface area contributed by atoms with Gasteiger partial charge in [-0.25, -0.2) is 14.2 Å². The van der Waals surface area contributed by atoms with Gasteiger partial charge in [0.1, 0.15) is 23.3 Å². The number of rotatable bonds is 4. The SMILES string of the molecule is Cc1cccc(-c2nc(Cc3c(C)cc(-n4nc(C#N)c(=O)[nH]c4=O)cc3C)ccc2O)c1F. The molecule has 2 aromatic heterocycles. The van der Waals surface area contributed by atoms with Gasteiger partial charge in [-0.1, -0.05) is 12.1 Å². The first-order chi connectivity index (χ1) is 16.2. The quantitative estimate of drug-likeness (QED) is 0.485. The summed E-state index contributed by atoms with van der Waals surface area (Å²) in [5.74, 6) is -0.552. The van der Waals surface area contributed by atoms with Crippen LogP contribution in [0.25, 0.3) is 16.9 Å². The average Bonchev–Trinajstić information content (AvgIpc) is 2.79. The molecule has 0 atom stereocenters. The van der Waals surface area contributed by atoms with Gasteiger partial charge in [0, 0.05) is 17.7 Å². The molecule has 2 aromatic carbocycles. The molecule has 0 aliphatic rings. The molecule has 0 radical (unpaired) electrons. The Hall–Kier alpha value is -4.58. The van der Waals surface area contributed by atoms with Crippen LogP contribution < -0.4 is 11.2 Å². The number of hydrogen-bond donors (Lipinski definition) is 2. The Balaban J connectivity index is 1.74. The number of aromatic amines is 1. The van der Waals surface area contributed by atoms with Crippen molar-refractivity contribution in [3.8, 4) is 28.8 Å². The predicted molar refractivity (Wildman–Crippen MR) is 123 cm³/mol. The van der Waals surface area contributed by atoms with E-state index in [1.807, 2.05) is 13.8 Å². The maximum Gasteiger partial charge on any atom is 0.349 e. The van der Waals surface area contributed by atoms with Gasteiger partial charge in [0.25, 0.3) is 5.56 Å². The minimum atomic E-state index is -0.840. The molecule has 0 bridgehead atoms. The molecule has 0 amide bonds. The van der Waals surface area contributed by atoms with Crippen molar-refractivity contribution >= 4 is 0 Å². The normalized spacial score (nSPS) is 10.8. The van der Waals surface area contributed by atoms with Gasteiger partial charge in [-0.3, -0.25) is 9.78 Å². The first-order valence-electron chi connectivity index (χ1n) is 10.4. The first kappa shape index (κ1) is 22.6. The van der Waals surface area contributed by atoms with Crippen LogP contribution in [-0.4, -0.2) is 24.9 Å². The molecule has 0 spiro atoms. The fourth-order valence-electron chi connectivity index (χ4n) is 3.82. The first-order valence-corrected chi connectivity index (χ1v) is 10.4. The summed E-state index contributed by atoms with van der Waals surface area (Å²) in [5.41, 5.74) is 2.44. The number of aromatic nitrogens is 4. The van der Waals surface area contributed by atoms with E-state index in [4.69, 9.17) is 5.26 Å². The van der Waals surface area contributed by atoms with Crippen molar-refractivity contribution in [3.05, 3.63) is 103 Å². The summed E-state index contributed by atoms with van der Waals surface area (Å²) >= 11 is 0. The van der Waals surface area contributed by atoms with E-state index in [0.717, 1.165) is 21.4 Å². The zero-order valence-corrected chi connectivity index (χ0v) is 18.7. The molecule has 9 heteroatoms. The van der Waals surface area contributed by atoms with Crippen LogP contribution in [0.5, 0.6) is 5.75 Å². The van der Waals surface area contributed by atoms with Crippen LogP contribution in [0.4, 0.5) is 4.39 Å². The average molecular weight is 457 g/mol. The van der Waals surface area contributed by atoms with Crippen LogP contribution in [0.1, 0.15) is 33.6 Å². The number of nitriles is 1. The van der Waals surface area contributed by atoms with Crippen molar-refractivity contribution in [1.82, 2.24) is 19.7 Å². The molecule has 170 valence electrons. The number of nitrogens with one attached hydrogen (secondary N) is 1. The maximum absolute atomic E-state index is 14.6. The molecular formula is C25H20FN5O3. The number of H-pyrrole nitrogens is 1. The molecule has 0 fully saturated rings. The second-order valence-electron chi connectivity index (χ2n) is 7.97. The van der Waals surface area contributed by atoms with Crippen LogP contribution in [0, 0.1) is 37.9 Å². The van der Waals surface area contributed by atoms with Gasteiger partial charge < -0.3 is 5.11 Å². The van der Waals surface area contributed by atoms with Crippen molar-refractivity contribution in [1.29, 1.82) is 5.26 Å². The van der Waals surface area contributed by atoms with E-state index in [1.54, 1.807) is 49.4 Å². The van der Waals surface area contributed by atoms with E-state index in [2.05, 4.69) is 15.1 Å². The topological polar surface area (TPSA) is 125 Å². The van der Waals surface area contributed by atoms with Gasteiger partial charge >= 0.3 is 5.69 Å². The standard InChI is InChI=1S/C25H20FN5O3/c1-13-5-4-6-18(22(13)26)23-21(32)8-7-16(28-23)11-19-14(2)9-17(10-15(19)3)31-25(34)29-24(33)20(12-27)30-31/h4-10,32H,11H2,1-3H3,(H,29,33,34). The molecule has 2 N–H and O–H groups in total. The lowest BCUT2D eigenvalue weighted by Crippen LogP contribution is -2.33. The van der Waals surface area contributed by atoms with Gasteiger partial charge in [-0.2, -0.15) is 9.94 Å². The van der Waals surface area contributed by atoms with E-state index >= 15 is 0 Å². The predicted octanol–water partition coefficient (Wildman–Crippen LogP) is 3.22. The second kappa shape index (κ2) is 8.75. The summed E-state index contributed by atoms with van der Waals surface area (Å²) < 4.78 is 15.6. The lowest BCUT2D eigenvalue weighted by molar-refractivity contribution is 0.474. The molecule has 0 unspecified atom stereocenters. The van der Waals surface area contributed by atoms with Crippen LogP contribution >= 0.6 is 0 Å². The monoisotopic (exact) mass is 457 g/mol. The summed E-state index contributed by atoms with van der Waals surface area (Å²) in [7, 11) is 0. The Morgan fingerprint density at radius 1 is 1.09 bits per heavy atom. The van der Waals surface area contributed by atoms with Gasteiger partial charge in [0.2, 0.25) is 5.69 Å². The number of nitrogens with zero attached hydrogens (tertiary/aromatic N) is 4. The summed E-state index contributed by atoms with van der Waals surface area (Å²) in [6, 6.07) is 13.2. The number of pyridine rings is 1. The lowest BCUT2D eigenvalue weighted by atomic mass is 9.97. The molecule has 8 nitrogen and oxygen atoms in total. The van der Waals surface area contributed by atoms with Crippen molar-refractivity contribution in [2.24, 2.45) is 0 Å². The van der Waals surface area contributed by atoms with Gasteiger partial charge in [-0.05, 0) is 73.4 Å². The number of aryl methyl sites for hydroxylation is 3. The number of hydrogen-bond acceptors (Lipinski definition) is 6. The van der Waals surface area contributed by atoms with Gasteiger partial charge in [0.05, 0.1) is 5.69 Å². The lowest BCUT2D eigenvalue weighted by Gasteiger charge is -2.14. The summed E-state index contributed by atoms with van der Waals surface area (Å²) in [6.45, 7) is 5.36. The van der Waals surface area contributed by atoms with Crippen molar-refractivity contribution in [2.75, 3.05) is 0 Å². The third-order valence-electron chi connectivity index (χ3n) is 5.60. The van der Waals surface area contributed by atoms with Gasteiger partial charge in [-0.15, -0.1) is 5.10 Å². The molecule has 4 aromatic rings. The highest BCUT2D eigenvalue weighted by molar-refractivity contribution is 5.67. The number of halogens is 1. The van der Waals surface area contributed by atoms with E-state index < -0.39 is 22.8 Å². The molecule has 4 rings (SSSR count). The molecule has 2 heterocycles. The van der Waals surface area contributed by atoms with Crippen molar-refractivity contribution in [2.45, 2.75) is 27.2 Å². The second-order valence-corrected chi connectivity index (χ2v) is 7.97. The van der Waals surface area contributed by atoms with E-state index in [0.29, 0.717) is 23.4 Å². The third-order valence-corrected chi connectivity index (χ3v) is 5.60. The fraction of sp³-hybridized carbons (Fsp3) is 0.160. The summed E-state index contributed by atoms with van der Waals surface area (Å²) in [4.78, 5) is 30.5. The molecule has 34 heavy (non-hydrogen) atoms. The Morgan fingerprint density at radius 2 is 1.79 bits per heavy atom.